The molecule has 78 valence electrons. The van der Waals surface area contributed by atoms with E-state index in [-0.39, 0.29) is 28.9 Å². The van der Waals surface area contributed by atoms with E-state index >= 15 is 0 Å². The van der Waals surface area contributed by atoms with Gasteiger partial charge in [0.05, 0.1) is 0 Å². The highest BCUT2D eigenvalue weighted by Crippen LogP contribution is 2.43. The first-order valence-corrected chi connectivity index (χ1v) is 4.75. The van der Waals surface area contributed by atoms with Crippen LogP contribution in [0.2, 0.25) is 0 Å². The lowest BCUT2D eigenvalue weighted by molar-refractivity contribution is -0.0332. The van der Waals surface area contributed by atoms with Gasteiger partial charge in [0.1, 0.15) is 0 Å². The molecule has 2 rings (SSSR count). The second-order valence-electron chi connectivity index (χ2n) is 2.99. The zero-order valence-corrected chi connectivity index (χ0v) is 7.77. The van der Waals surface area contributed by atoms with E-state index in [2.05, 4.69) is 10.2 Å². The van der Waals surface area contributed by atoms with E-state index in [1.165, 1.54) is 4.57 Å². The maximum atomic E-state index is 12.1. The highest BCUT2D eigenvalue weighted by molar-refractivity contribution is 8.00. The van der Waals surface area contributed by atoms with Crippen molar-refractivity contribution >= 4 is 17.7 Å². The summed E-state index contributed by atoms with van der Waals surface area (Å²) in [6, 6.07) is 0.0508. The third kappa shape index (κ3) is 1.94. The molecule has 1 aliphatic carbocycles. The monoisotopic (exact) mass is 224 g/mol. The van der Waals surface area contributed by atoms with Crippen LogP contribution >= 0.6 is 11.8 Å². The Balaban J connectivity index is 2.24. The Bertz CT molecular complexity index is 343. The van der Waals surface area contributed by atoms with Crippen molar-refractivity contribution in [1.82, 2.24) is 14.8 Å². The second-order valence-corrected chi connectivity index (χ2v) is 4.02. The van der Waals surface area contributed by atoms with E-state index < -0.39 is 5.51 Å². The summed E-state index contributed by atoms with van der Waals surface area (Å²) in [6.07, 6.45) is 1.68. The molecule has 0 unspecified atom stereocenters. The van der Waals surface area contributed by atoms with Gasteiger partial charge in [-0.25, -0.2) is 0 Å². The molecule has 0 amide bonds. The third-order valence-electron chi connectivity index (χ3n) is 1.81. The van der Waals surface area contributed by atoms with Crippen molar-refractivity contribution in [3.63, 3.8) is 0 Å². The second kappa shape index (κ2) is 3.04. The van der Waals surface area contributed by atoms with Gasteiger partial charge in [0.2, 0.25) is 11.1 Å². The first-order chi connectivity index (χ1) is 6.47. The number of aromatic nitrogens is 3. The van der Waals surface area contributed by atoms with Crippen molar-refractivity contribution in [3.05, 3.63) is 0 Å². The maximum Gasteiger partial charge on any atom is 0.449 e. The molecule has 4 nitrogen and oxygen atoms in total. The molecule has 0 aliphatic heterocycles. The highest BCUT2D eigenvalue weighted by Gasteiger charge is 2.36. The number of halogens is 3. The topological polar surface area (TPSA) is 56.7 Å². The molecule has 1 saturated carbocycles. The standard InChI is InChI=1S/C6H7F3N4S/c7-6(8,9)14-5-12-11-4(10)13(5)3-1-2-3/h3H,1-2H2,(H2,10,11). The van der Waals surface area contributed by atoms with Crippen molar-refractivity contribution in [2.75, 3.05) is 5.73 Å². The Morgan fingerprint density at radius 2 is 2.00 bits per heavy atom. The first kappa shape index (κ1) is 9.63. The molecule has 0 radical (unpaired) electrons. The number of hydrogen-bond donors (Lipinski definition) is 1. The highest BCUT2D eigenvalue weighted by atomic mass is 32.2. The van der Waals surface area contributed by atoms with E-state index in [4.69, 9.17) is 5.73 Å². The van der Waals surface area contributed by atoms with Gasteiger partial charge in [0.25, 0.3) is 0 Å². The average molecular weight is 224 g/mol. The van der Waals surface area contributed by atoms with Gasteiger partial charge in [0, 0.05) is 17.8 Å². The normalized spacial score (nSPS) is 17.4. The van der Waals surface area contributed by atoms with Crippen LogP contribution < -0.4 is 5.73 Å². The van der Waals surface area contributed by atoms with Crippen molar-refractivity contribution < 1.29 is 13.2 Å². The number of hydrogen-bond acceptors (Lipinski definition) is 4. The number of anilines is 1. The fraction of sp³-hybridized carbons (Fsp3) is 0.667. The summed E-state index contributed by atoms with van der Waals surface area (Å²) in [7, 11) is 0. The van der Waals surface area contributed by atoms with Crippen LogP contribution in [0.1, 0.15) is 18.9 Å². The van der Waals surface area contributed by atoms with E-state index in [0.717, 1.165) is 12.8 Å². The molecule has 1 aromatic heterocycles. The van der Waals surface area contributed by atoms with Gasteiger partial charge in [-0.2, -0.15) is 13.2 Å². The van der Waals surface area contributed by atoms with Crippen LogP contribution in [0.3, 0.4) is 0 Å². The molecule has 14 heavy (non-hydrogen) atoms. The minimum Gasteiger partial charge on any atom is -0.368 e. The van der Waals surface area contributed by atoms with Crippen molar-refractivity contribution in [2.24, 2.45) is 0 Å². The van der Waals surface area contributed by atoms with Gasteiger partial charge in [0.15, 0.2) is 0 Å². The Kier molecular flexibility index (Phi) is 2.09. The van der Waals surface area contributed by atoms with E-state index in [1.807, 2.05) is 0 Å². The summed E-state index contributed by atoms with van der Waals surface area (Å²) in [5.74, 6) is 0.0549. The lowest BCUT2D eigenvalue weighted by atomic mass is 10.7. The lowest BCUT2D eigenvalue weighted by Gasteiger charge is -2.07. The Morgan fingerprint density at radius 3 is 2.50 bits per heavy atom. The van der Waals surface area contributed by atoms with Gasteiger partial charge in [-0.15, -0.1) is 10.2 Å². The number of nitrogens with two attached hydrogens (primary N) is 1. The fourth-order valence-corrected chi connectivity index (χ4v) is 1.77. The van der Waals surface area contributed by atoms with Crippen LogP contribution in [0.25, 0.3) is 0 Å². The largest absolute Gasteiger partial charge is 0.449 e. The lowest BCUT2D eigenvalue weighted by Crippen LogP contribution is -2.06. The molecule has 1 heterocycles. The number of nitrogen functional groups attached to an aromatic ring is 1. The SMILES string of the molecule is Nc1nnc(SC(F)(F)F)n1C1CC1. The minimum absolute atomic E-state index is 0.0508. The quantitative estimate of drug-likeness (QED) is 0.778. The molecule has 1 aromatic rings. The zero-order chi connectivity index (χ0) is 10.3. The van der Waals surface area contributed by atoms with E-state index in [0.29, 0.717) is 0 Å². The molecule has 0 saturated heterocycles. The van der Waals surface area contributed by atoms with Crippen LogP contribution in [0, 0.1) is 0 Å². The first-order valence-electron chi connectivity index (χ1n) is 3.93. The van der Waals surface area contributed by atoms with Crippen molar-refractivity contribution in [3.8, 4) is 0 Å². The van der Waals surface area contributed by atoms with Gasteiger partial charge in [-0.1, -0.05) is 0 Å². The fourth-order valence-electron chi connectivity index (χ4n) is 1.14. The number of thioether (sulfide) groups is 1. The third-order valence-corrected chi connectivity index (χ3v) is 2.50. The van der Waals surface area contributed by atoms with E-state index in [1.54, 1.807) is 0 Å². The number of nitrogens with zero attached hydrogens (tertiary/aromatic N) is 3. The molecule has 0 aromatic carbocycles. The minimum atomic E-state index is -4.34. The van der Waals surface area contributed by atoms with Crippen LogP contribution in [-0.4, -0.2) is 20.3 Å². The van der Waals surface area contributed by atoms with Gasteiger partial charge in [-0.05, 0) is 12.8 Å². The van der Waals surface area contributed by atoms with E-state index in [9.17, 15) is 13.2 Å². The Hall–Kier alpha value is -0.920. The molecule has 8 heteroatoms. The smallest absolute Gasteiger partial charge is 0.368 e. The molecule has 0 atom stereocenters. The van der Waals surface area contributed by atoms with Crippen LogP contribution in [0.5, 0.6) is 0 Å². The summed E-state index contributed by atoms with van der Waals surface area (Å²) in [5.41, 5.74) is 1.07. The van der Waals surface area contributed by atoms with Gasteiger partial charge in [-0.3, -0.25) is 4.57 Å². The van der Waals surface area contributed by atoms with Crippen molar-refractivity contribution in [1.29, 1.82) is 0 Å². The van der Waals surface area contributed by atoms with Crippen LogP contribution in [0.15, 0.2) is 5.16 Å². The molecule has 1 fully saturated rings. The predicted molar refractivity (Wildman–Crippen MR) is 44.6 cm³/mol. The molecule has 1 aliphatic rings. The molecular formula is C6H7F3N4S. The number of alkyl halides is 3. The van der Waals surface area contributed by atoms with Crippen LogP contribution in [0.4, 0.5) is 19.1 Å². The number of rotatable bonds is 2. The zero-order valence-electron chi connectivity index (χ0n) is 6.95. The summed E-state index contributed by atoms with van der Waals surface area (Å²) in [4.78, 5) is 0. The molecule has 0 spiro atoms. The predicted octanol–water partition coefficient (Wildman–Crippen LogP) is 1.81. The Morgan fingerprint density at radius 1 is 1.36 bits per heavy atom. The summed E-state index contributed by atoms with van der Waals surface area (Å²) < 4.78 is 37.5. The summed E-state index contributed by atoms with van der Waals surface area (Å²) in [6.45, 7) is 0. The molecule has 2 N–H and O–H groups in total. The van der Waals surface area contributed by atoms with Crippen LogP contribution in [-0.2, 0) is 0 Å². The van der Waals surface area contributed by atoms with Gasteiger partial charge >= 0.3 is 5.51 Å². The summed E-state index contributed by atoms with van der Waals surface area (Å²) >= 11 is -0.274. The maximum absolute atomic E-state index is 12.1. The summed E-state index contributed by atoms with van der Waals surface area (Å²) in [5, 5.41) is 6.66. The average Bonchev–Trinajstić information content (AvgIpc) is 2.77. The Labute approximate surface area is 81.7 Å². The van der Waals surface area contributed by atoms with Gasteiger partial charge < -0.3 is 5.73 Å². The molecule has 0 bridgehead atoms. The van der Waals surface area contributed by atoms with Crippen molar-refractivity contribution in [2.45, 2.75) is 29.5 Å². The molecular weight excluding hydrogens is 217 g/mol.